The molecule has 0 unspecified atom stereocenters. The normalized spacial score (nSPS) is 15.8. The van der Waals surface area contributed by atoms with Crippen molar-refractivity contribution in [2.75, 3.05) is 20.2 Å². The average molecular weight is 429 g/mol. The number of piperidine rings is 1. The zero-order valence-corrected chi connectivity index (χ0v) is 17.1. The molecule has 1 aliphatic heterocycles. The third kappa shape index (κ3) is 5.94. The van der Waals surface area contributed by atoms with Gasteiger partial charge in [0.1, 0.15) is 5.75 Å². The number of amides is 1. The van der Waals surface area contributed by atoms with Gasteiger partial charge in [-0.15, -0.1) is 0 Å². The van der Waals surface area contributed by atoms with Crippen LogP contribution < -0.4 is 10.1 Å². The van der Waals surface area contributed by atoms with Gasteiger partial charge in [-0.05, 0) is 42.7 Å². The van der Waals surface area contributed by atoms with Crippen molar-refractivity contribution in [3.05, 3.63) is 70.2 Å². The van der Waals surface area contributed by atoms with Crippen LogP contribution >= 0.6 is 15.9 Å². The molecule has 1 amide bonds. The lowest BCUT2D eigenvalue weighted by atomic mass is 10.0. The third-order valence-corrected chi connectivity index (χ3v) is 5.28. The number of nitrogens with one attached hydrogen (secondary N) is 1. The fourth-order valence-corrected chi connectivity index (χ4v) is 3.71. The molecule has 0 bridgehead atoms. The molecule has 27 heavy (non-hydrogen) atoms. The average Bonchev–Trinajstić information content (AvgIpc) is 2.69. The molecule has 0 aromatic heterocycles. The largest absolute Gasteiger partial charge is 0.496 e. The second-order valence-corrected chi connectivity index (χ2v) is 7.68. The fourth-order valence-electron chi connectivity index (χ4n) is 3.33. The highest BCUT2D eigenvalue weighted by Gasteiger charge is 2.20. The minimum atomic E-state index is -0.0569. The van der Waals surface area contributed by atoms with E-state index in [9.17, 15) is 4.79 Å². The van der Waals surface area contributed by atoms with Crippen LogP contribution in [0.15, 0.2) is 59.1 Å². The van der Waals surface area contributed by atoms with Crippen LogP contribution in [0, 0.1) is 0 Å². The molecule has 2 aromatic carbocycles. The van der Waals surface area contributed by atoms with Gasteiger partial charge >= 0.3 is 0 Å². The molecular formula is C22H25BrN2O2. The van der Waals surface area contributed by atoms with Gasteiger partial charge in [-0.25, -0.2) is 0 Å². The summed E-state index contributed by atoms with van der Waals surface area (Å²) in [4.78, 5) is 14.7. The van der Waals surface area contributed by atoms with E-state index in [1.807, 2.05) is 24.3 Å². The van der Waals surface area contributed by atoms with E-state index in [0.29, 0.717) is 0 Å². The Hall–Kier alpha value is -2.11. The molecule has 3 rings (SSSR count). The summed E-state index contributed by atoms with van der Waals surface area (Å²) in [5, 5.41) is 3.12. The van der Waals surface area contributed by atoms with E-state index in [1.54, 1.807) is 19.3 Å². The van der Waals surface area contributed by atoms with E-state index >= 15 is 0 Å². The Labute approximate surface area is 169 Å². The molecule has 0 aliphatic carbocycles. The number of carbonyl (C=O) groups is 1. The summed E-state index contributed by atoms with van der Waals surface area (Å²) in [6, 6.07) is 16.5. The van der Waals surface area contributed by atoms with Crippen molar-refractivity contribution >= 4 is 27.9 Å². The topological polar surface area (TPSA) is 41.6 Å². The van der Waals surface area contributed by atoms with Gasteiger partial charge in [-0.2, -0.15) is 0 Å². The van der Waals surface area contributed by atoms with Gasteiger partial charge in [0.05, 0.1) is 7.11 Å². The molecule has 0 radical (unpaired) electrons. The third-order valence-electron chi connectivity index (χ3n) is 4.79. The minimum Gasteiger partial charge on any atom is -0.496 e. The van der Waals surface area contributed by atoms with Gasteiger partial charge in [0.15, 0.2) is 0 Å². The number of hydrogen-bond acceptors (Lipinski definition) is 3. The van der Waals surface area contributed by atoms with Crippen LogP contribution in [0.4, 0.5) is 0 Å². The summed E-state index contributed by atoms with van der Waals surface area (Å²) in [5.41, 5.74) is 2.21. The monoisotopic (exact) mass is 428 g/mol. The molecule has 2 aromatic rings. The first-order valence-corrected chi connectivity index (χ1v) is 10.0. The summed E-state index contributed by atoms with van der Waals surface area (Å²) < 4.78 is 6.29. The molecular weight excluding hydrogens is 404 g/mol. The molecule has 1 saturated heterocycles. The Kier molecular flexibility index (Phi) is 7.07. The first-order valence-electron chi connectivity index (χ1n) is 9.22. The van der Waals surface area contributed by atoms with Gasteiger partial charge in [-0.3, -0.25) is 9.69 Å². The summed E-state index contributed by atoms with van der Waals surface area (Å²) >= 11 is 3.45. The van der Waals surface area contributed by atoms with Crippen LogP contribution in [-0.4, -0.2) is 37.0 Å². The Morgan fingerprint density at radius 1 is 1.22 bits per heavy atom. The van der Waals surface area contributed by atoms with Gasteiger partial charge < -0.3 is 10.1 Å². The smallest absolute Gasteiger partial charge is 0.244 e. The van der Waals surface area contributed by atoms with E-state index in [4.69, 9.17) is 4.74 Å². The minimum absolute atomic E-state index is 0.0569. The van der Waals surface area contributed by atoms with Crippen molar-refractivity contribution in [3.63, 3.8) is 0 Å². The maximum atomic E-state index is 12.3. The van der Waals surface area contributed by atoms with E-state index in [-0.39, 0.29) is 11.9 Å². The van der Waals surface area contributed by atoms with Crippen LogP contribution in [0.3, 0.4) is 0 Å². The molecule has 0 saturated carbocycles. The van der Waals surface area contributed by atoms with Crippen LogP contribution in [-0.2, 0) is 11.3 Å². The zero-order valence-electron chi connectivity index (χ0n) is 15.5. The highest BCUT2D eigenvalue weighted by Crippen LogP contribution is 2.24. The second kappa shape index (κ2) is 9.72. The Bertz CT molecular complexity index is 784. The molecule has 1 heterocycles. The lowest BCUT2D eigenvalue weighted by Gasteiger charge is -2.32. The maximum absolute atomic E-state index is 12.3. The second-order valence-electron chi connectivity index (χ2n) is 6.76. The van der Waals surface area contributed by atoms with Crippen molar-refractivity contribution in [3.8, 4) is 5.75 Å². The van der Waals surface area contributed by atoms with Crippen LogP contribution in [0.1, 0.15) is 24.0 Å². The summed E-state index contributed by atoms with van der Waals surface area (Å²) in [6.07, 6.45) is 5.34. The van der Waals surface area contributed by atoms with E-state index in [1.165, 1.54) is 5.56 Å². The number of ether oxygens (including phenoxy) is 1. The first-order chi connectivity index (χ1) is 13.1. The number of rotatable bonds is 6. The predicted octanol–water partition coefficient (Wildman–Crippen LogP) is 4.25. The van der Waals surface area contributed by atoms with Gasteiger partial charge in [-0.1, -0.05) is 46.3 Å². The first kappa shape index (κ1) is 19.6. The molecule has 1 fully saturated rings. The van der Waals surface area contributed by atoms with Crippen molar-refractivity contribution in [2.45, 2.75) is 25.4 Å². The van der Waals surface area contributed by atoms with E-state index in [0.717, 1.165) is 48.3 Å². The van der Waals surface area contributed by atoms with Crippen molar-refractivity contribution < 1.29 is 9.53 Å². The van der Waals surface area contributed by atoms with Crippen LogP contribution in [0.25, 0.3) is 6.08 Å². The zero-order chi connectivity index (χ0) is 19.1. The standard InChI is InChI=1S/C22H25BrN2O2/c1-27-21-9-8-19(23)15-18(21)7-10-22(26)24-20-11-13-25(14-12-20)16-17-5-3-2-4-6-17/h2-10,15,20H,11-14,16H2,1H3,(H,24,26)/b10-7+. The van der Waals surface area contributed by atoms with Crippen molar-refractivity contribution in [1.29, 1.82) is 0 Å². The highest BCUT2D eigenvalue weighted by atomic mass is 79.9. The molecule has 0 spiro atoms. The molecule has 1 aliphatic rings. The van der Waals surface area contributed by atoms with E-state index in [2.05, 4.69) is 50.4 Å². The Morgan fingerprint density at radius 3 is 2.67 bits per heavy atom. The molecule has 5 heteroatoms. The number of methoxy groups -OCH3 is 1. The van der Waals surface area contributed by atoms with Gasteiger partial charge in [0, 0.05) is 41.8 Å². The fraction of sp³-hybridized carbons (Fsp3) is 0.318. The Morgan fingerprint density at radius 2 is 1.96 bits per heavy atom. The summed E-state index contributed by atoms with van der Waals surface area (Å²) in [5.74, 6) is 0.690. The van der Waals surface area contributed by atoms with Crippen LogP contribution in [0.2, 0.25) is 0 Å². The quantitative estimate of drug-likeness (QED) is 0.699. The number of benzene rings is 2. The molecule has 1 N–H and O–H groups in total. The number of carbonyl (C=O) groups excluding carboxylic acids is 1. The molecule has 142 valence electrons. The van der Waals surface area contributed by atoms with Crippen molar-refractivity contribution in [1.82, 2.24) is 10.2 Å². The SMILES string of the molecule is COc1ccc(Br)cc1/C=C/C(=O)NC1CCN(Cc2ccccc2)CC1. The Balaban J connectivity index is 1.47. The lowest BCUT2D eigenvalue weighted by molar-refractivity contribution is -0.117. The number of nitrogens with zero attached hydrogens (tertiary/aromatic N) is 1. The molecule has 0 atom stereocenters. The summed E-state index contributed by atoms with van der Waals surface area (Å²) in [6.45, 7) is 2.98. The molecule has 4 nitrogen and oxygen atoms in total. The number of hydrogen-bond donors (Lipinski definition) is 1. The van der Waals surface area contributed by atoms with Crippen molar-refractivity contribution in [2.24, 2.45) is 0 Å². The maximum Gasteiger partial charge on any atom is 0.244 e. The predicted molar refractivity (Wildman–Crippen MR) is 113 cm³/mol. The summed E-state index contributed by atoms with van der Waals surface area (Å²) in [7, 11) is 1.63. The van der Waals surface area contributed by atoms with Crippen LogP contribution in [0.5, 0.6) is 5.75 Å². The number of likely N-dealkylation sites (tertiary alicyclic amines) is 1. The van der Waals surface area contributed by atoms with E-state index < -0.39 is 0 Å². The number of halogens is 1. The van der Waals surface area contributed by atoms with Gasteiger partial charge in [0.2, 0.25) is 5.91 Å². The van der Waals surface area contributed by atoms with Gasteiger partial charge in [0.25, 0.3) is 0 Å². The lowest BCUT2D eigenvalue weighted by Crippen LogP contribution is -2.43. The highest BCUT2D eigenvalue weighted by molar-refractivity contribution is 9.10.